The van der Waals surface area contributed by atoms with Crippen molar-refractivity contribution in [1.29, 1.82) is 0 Å². The van der Waals surface area contributed by atoms with Gasteiger partial charge in [-0.15, -0.1) is 11.3 Å². The zero-order valence-electron chi connectivity index (χ0n) is 9.56. The Balaban J connectivity index is 2.07. The van der Waals surface area contributed by atoms with E-state index in [1.165, 1.54) is 11.3 Å². The lowest BCUT2D eigenvalue weighted by Gasteiger charge is -2.33. The Morgan fingerprint density at radius 2 is 2.44 bits per heavy atom. The molecule has 1 saturated heterocycles. The summed E-state index contributed by atoms with van der Waals surface area (Å²) in [4.78, 5) is 25.4. The standard InChI is InChI=1S/C11H13ClN2O3S/c12-7-3-8(18-6-7)5-14-2-1-13-11(17)9(14)4-10(15)16/h3,6,9H,1-2,4-5H2,(H,13,17)(H,15,16). The summed E-state index contributed by atoms with van der Waals surface area (Å²) in [6, 6.07) is 1.24. The normalized spacial score (nSPS) is 20.7. The number of nitrogens with one attached hydrogen (secondary N) is 1. The van der Waals surface area contributed by atoms with Crippen LogP contribution in [0.1, 0.15) is 11.3 Å². The van der Waals surface area contributed by atoms with Crippen molar-refractivity contribution in [3.63, 3.8) is 0 Å². The van der Waals surface area contributed by atoms with Gasteiger partial charge in [-0.05, 0) is 6.07 Å². The summed E-state index contributed by atoms with van der Waals surface area (Å²) in [6.07, 6.45) is -0.176. The van der Waals surface area contributed by atoms with E-state index >= 15 is 0 Å². The first-order valence-corrected chi connectivity index (χ1v) is 6.78. The van der Waals surface area contributed by atoms with E-state index in [9.17, 15) is 9.59 Å². The summed E-state index contributed by atoms with van der Waals surface area (Å²) >= 11 is 7.36. The van der Waals surface area contributed by atoms with Crippen molar-refractivity contribution in [2.24, 2.45) is 0 Å². The number of hydrogen-bond acceptors (Lipinski definition) is 4. The van der Waals surface area contributed by atoms with Crippen molar-refractivity contribution in [3.8, 4) is 0 Å². The largest absolute Gasteiger partial charge is 0.481 e. The highest BCUT2D eigenvalue weighted by Crippen LogP contribution is 2.22. The van der Waals surface area contributed by atoms with E-state index in [2.05, 4.69) is 5.32 Å². The van der Waals surface area contributed by atoms with Crippen molar-refractivity contribution in [2.75, 3.05) is 13.1 Å². The summed E-state index contributed by atoms with van der Waals surface area (Å²) < 4.78 is 0. The average Bonchev–Trinajstić information content (AvgIpc) is 2.69. The van der Waals surface area contributed by atoms with Gasteiger partial charge in [-0.2, -0.15) is 0 Å². The van der Waals surface area contributed by atoms with Gasteiger partial charge < -0.3 is 10.4 Å². The maximum atomic E-state index is 11.7. The molecule has 1 aliphatic heterocycles. The van der Waals surface area contributed by atoms with Gasteiger partial charge in [0.1, 0.15) is 6.04 Å². The van der Waals surface area contributed by atoms with Crippen LogP contribution in [0.25, 0.3) is 0 Å². The van der Waals surface area contributed by atoms with E-state index in [4.69, 9.17) is 16.7 Å². The summed E-state index contributed by atoms with van der Waals surface area (Å²) in [5, 5.41) is 14.0. The van der Waals surface area contributed by atoms with Crippen LogP contribution in [0.5, 0.6) is 0 Å². The first-order chi connectivity index (χ1) is 8.56. The molecule has 7 heteroatoms. The smallest absolute Gasteiger partial charge is 0.305 e. The lowest BCUT2D eigenvalue weighted by molar-refractivity contribution is -0.143. The Kier molecular flexibility index (Phi) is 4.21. The van der Waals surface area contributed by atoms with E-state index in [0.29, 0.717) is 24.7 Å². The first kappa shape index (κ1) is 13.3. The van der Waals surface area contributed by atoms with E-state index in [-0.39, 0.29) is 12.3 Å². The number of carboxylic acids is 1. The SMILES string of the molecule is O=C(O)CC1C(=O)NCCN1Cc1cc(Cl)cs1. The summed E-state index contributed by atoms with van der Waals surface area (Å²) in [6.45, 7) is 1.76. The molecule has 1 fully saturated rings. The molecule has 2 heterocycles. The van der Waals surface area contributed by atoms with E-state index in [0.717, 1.165) is 4.88 Å². The highest BCUT2D eigenvalue weighted by atomic mass is 35.5. The lowest BCUT2D eigenvalue weighted by Crippen LogP contribution is -2.55. The third kappa shape index (κ3) is 3.22. The minimum atomic E-state index is -0.966. The van der Waals surface area contributed by atoms with Gasteiger partial charge in [-0.25, -0.2) is 0 Å². The lowest BCUT2D eigenvalue weighted by atomic mass is 10.1. The van der Waals surface area contributed by atoms with Crippen molar-refractivity contribution in [1.82, 2.24) is 10.2 Å². The Labute approximate surface area is 113 Å². The van der Waals surface area contributed by atoms with Crippen LogP contribution >= 0.6 is 22.9 Å². The number of hydrogen-bond donors (Lipinski definition) is 2. The van der Waals surface area contributed by atoms with E-state index in [1.807, 2.05) is 16.3 Å². The molecule has 1 aliphatic rings. The molecule has 2 N–H and O–H groups in total. The molecule has 1 aromatic heterocycles. The van der Waals surface area contributed by atoms with Crippen LogP contribution in [-0.2, 0) is 16.1 Å². The Morgan fingerprint density at radius 1 is 1.67 bits per heavy atom. The molecule has 0 aromatic carbocycles. The molecule has 1 aromatic rings. The number of thiophene rings is 1. The first-order valence-electron chi connectivity index (χ1n) is 5.52. The summed E-state index contributed by atoms with van der Waals surface area (Å²) in [5.41, 5.74) is 0. The second kappa shape index (κ2) is 5.69. The molecule has 0 spiro atoms. The number of piperazine rings is 1. The molecule has 1 unspecified atom stereocenters. The number of nitrogens with zero attached hydrogens (tertiary/aromatic N) is 1. The molecule has 0 saturated carbocycles. The number of carbonyl (C=O) groups is 2. The molecular weight excluding hydrogens is 276 g/mol. The number of carbonyl (C=O) groups excluding carboxylic acids is 1. The molecule has 98 valence electrons. The van der Waals surface area contributed by atoms with E-state index in [1.54, 1.807) is 0 Å². The fourth-order valence-electron chi connectivity index (χ4n) is 1.98. The van der Waals surface area contributed by atoms with Gasteiger partial charge in [0.2, 0.25) is 5.91 Å². The minimum absolute atomic E-state index is 0.176. The van der Waals surface area contributed by atoms with Gasteiger partial charge in [0.05, 0.1) is 11.4 Å². The van der Waals surface area contributed by atoms with Gasteiger partial charge in [-0.1, -0.05) is 11.6 Å². The van der Waals surface area contributed by atoms with Gasteiger partial charge in [0.25, 0.3) is 0 Å². The maximum Gasteiger partial charge on any atom is 0.305 e. The highest BCUT2D eigenvalue weighted by molar-refractivity contribution is 7.10. The highest BCUT2D eigenvalue weighted by Gasteiger charge is 2.31. The molecule has 0 radical (unpaired) electrons. The summed E-state index contributed by atoms with van der Waals surface area (Å²) in [7, 11) is 0. The zero-order chi connectivity index (χ0) is 13.1. The predicted molar refractivity (Wildman–Crippen MR) is 68.8 cm³/mol. The van der Waals surface area contributed by atoms with Gasteiger partial charge >= 0.3 is 5.97 Å². The van der Waals surface area contributed by atoms with Crippen molar-refractivity contribution >= 4 is 34.8 Å². The van der Waals surface area contributed by atoms with Crippen LogP contribution in [0.15, 0.2) is 11.4 Å². The second-order valence-corrected chi connectivity index (χ2v) is 5.54. The molecule has 18 heavy (non-hydrogen) atoms. The van der Waals surface area contributed by atoms with Crippen LogP contribution in [0.2, 0.25) is 5.02 Å². The van der Waals surface area contributed by atoms with E-state index < -0.39 is 12.0 Å². The molecule has 1 atom stereocenters. The number of rotatable bonds is 4. The van der Waals surface area contributed by atoms with Crippen molar-refractivity contribution < 1.29 is 14.7 Å². The Morgan fingerprint density at radius 3 is 3.06 bits per heavy atom. The monoisotopic (exact) mass is 288 g/mol. The van der Waals surface area contributed by atoms with Gasteiger partial charge in [0, 0.05) is 29.9 Å². The van der Waals surface area contributed by atoms with Crippen LogP contribution in [-0.4, -0.2) is 41.0 Å². The average molecular weight is 289 g/mol. The third-order valence-electron chi connectivity index (χ3n) is 2.79. The summed E-state index contributed by atoms with van der Waals surface area (Å²) in [5.74, 6) is -1.18. The van der Waals surface area contributed by atoms with Gasteiger partial charge in [-0.3, -0.25) is 14.5 Å². The fourth-order valence-corrected chi connectivity index (χ4v) is 3.07. The molecule has 5 nitrogen and oxygen atoms in total. The van der Waals surface area contributed by atoms with Crippen molar-refractivity contribution in [3.05, 3.63) is 21.3 Å². The quantitative estimate of drug-likeness (QED) is 0.873. The van der Waals surface area contributed by atoms with Crippen LogP contribution in [0.3, 0.4) is 0 Å². The third-order valence-corrected chi connectivity index (χ3v) is 4.06. The van der Waals surface area contributed by atoms with Crippen LogP contribution in [0, 0.1) is 0 Å². The predicted octanol–water partition coefficient (Wildman–Crippen LogP) is 1.18. The molecule has 2 rings (SSSR count). The maximum absolute atomic E-state index is 11.7. The molecular formula is C11H13ClN2O3S. The molecule has 1 amide bonds. The van der Waals surface area contributed by atoms with Gasteiger partial charge in [0.15, 0.2) is 0 Å². The van der Waals surface area contributed by atoms with Crippen LogP contribution < -0.4 is 5.32 Å². The zero-order valence-corrected chi connectivity index (χ0v) is 11.1. The Bertz CT molecular complexity index is 463. The van der Waals surface area contributed by atoms with Crippen molar-refractivity contribution in [2.45, 2.75) is 19.0 Å². The molecule has 0 bridgehead atoms. The van der Waals surface area contributed by atoms with Crippen LogP contribution in [0.4, 0.5) is 0 Å². The fraction of sp³-hybridized carbons (Fsp3) is 0.455. The topological polar surface area (TPSA) is 69.6 Å². The molecule has 0 aliphatic carbocycles. The number of halogens is 1. The minimum Gasteiger partial charge on any atom is -0.481 e. The Hall–Kier alpha value is -1.11. The number of amides is 1. The number of aliphatic carboxylic acids is 1. The number of carboxylic acid groups (broad SMARTS) is 1. The second-order valence-electron chi connectivity index (χ2n) is 4.11.